The molecular formula is C18H23IN4O. The maximum absolute atomic E-state index is 11.0. The number of nitrogens with one attached hydrogen (secondary N) is 2. The Bertz CT molecular complexity index is 656. The van der Waals surface area contributed by atoms with Crippen molar-refractivity contribution in [3.8, 4) is 0 Å². The number of hydrogen-bond acceptors (Lipinski definition) is 2. The lowest BCUT2D eigenvalue weighted by Crippen LogP contribution is -2.37. The van der Waals surface area contributed by atoms with Gasteiger partial charge in [-0.3, -0.25) is 9.79 Å². The van der Waals surface area contributed by atoms with Crippen LogP contribution in [0.3, 0.4) is 0 Å². The zero-order valence-electron chi connectivity index (χ0n) is 13.7. The fourth-order valence-electron chi connectivity index (χ4n) is 2.16. The number of primary amides is 1. The maximum Gasteiger partial charge on any atom is 0.248 e. The summed E-state index contributed by atoms with van der Waals surface area (Å²) in [6.45, 7) is 1.44. The zero-order valence-corrected chi connectivity index (χ0v) is 16.0. The lowest BCUT2D eigenvalue weighted by Gasteiger charge is -2.12. The van der Waals surface area contributed by atoms with Crippen LogP contribution >= 0.6 is 24.0 Å². The van der Waals surface area contributed by atoms with Crippen molar-refractivity contribution in [1.29, 1.82) is 0 Å². The number of rotatable bonds is 6. The molecule has 0 saturated heterocycles. The number of benzene rings is 2. The molecule has 24 heavy (non-hydrogen) atoms. The second-order valence-corrected chi connectivity index (χ2v) is 5.15. The van der Waals surface area contributed by atoms with Gasteiger partial charge in [0.05, 0.1) is 0 Å². The molecule has 0 saturated carbocycles. The van der Waals surface area contributed by atoms with Gasteiger partial charge in [0.15, 0.2) is 5.96 Å². The van der Waals surface area contributed by atoms with Gasteiger partial charge in [-0.25, -0.2) is 0 Å². The molecule has 4 N–H and O–H groups in total. The molecule has 5 nitrogen and oxygen atoms in total. The molecule has 128 valence electrons. The summed E-state index contributed by atoms with van der Waals surface area (Å²) in [5.74, 6) is 0.336. The van der Waals surface area contributed by atoms with E-state index in [9.17, 15) is 4.79 Å². The van der Waals surface area contributed by atoms with Crippen molar-refractivity contribution in [1.82, 2.24) is 10.6 Å². The Hall–Kier alpha value is -2.09. The summed E-state index contributed by atoms with van der Waals surface area (Å²) >= 11 is 0. The first-order valence-corrected chi connectivity index (χ1v) is 7.56. The van der Waals surface area contributed by atoms with Crippen LogP contribution < -0.4 is 16.4 Å². The highest BCUT2D eigenvalue weighted by atomic mass is 127. The van der Waals surface area contributed by atoms with Gasteiger partial charge >= 0.3 is 0 Å². The van der Waals surface area contributed by atoms with Crippen molar-refractivity contribution in [2.75, 3.05) is 13.6 Å². The van der Waals surface area contributed by atoms with Crippen LogP contribution in [0.15, 0.2) is 59.6 Å². The SMILES string of the molecule is CN=C(NCCc1ccccc1)NCc1ccc(C(N)=O)cc1.I. The van der Waals surface area contributed by atoms with E-state index in [1.54, 1.807) is 19.2 Å². The minimum atomic E-state index is -0.414. The number of nitrogens with two attached hydrogens (primary N) is 1. The second-order valence-electron chi connectivity index (χ2n) is 5.15. The molecule has 0 spiro atoms. The quantitative estimate of drug-likeness (QED) is 0.368. The lowest BCUT2D eigenvalue weighted by atomic mass is 10.1. The van der Waals surface area contributed by atoms with Gasteiger partial charge in [-0.05, 0) is 29.7 Å². The topological polar surface area (TPSA) is 79.5 Å². The van der Waals surface area contributed by atoms with Crippen molar-refractivity contribution in [3.63, 3.8) is 0 Å². The molecule has 2 aromatic carbocycles. The van der Waals surface area contributed by atoms with E-state index < -0.39 is 5.91 Å². The molecule has 2 aromatic rings. The third kappa shape index (κ3) is 6.57. The van der Waals surface area contributed by atoms with E-state index in [1.807, 2.05) is 30.3 Å². The fourth-order valence-corrected chi connectivity index (χ4v) is 2.16. The Kier molecular flexibility index (Phi) is 8.85. The molecular weight excluding hydrogens is 415 g/mol. The third-order valence-electron chi connectivity index (χ3n) is 3.47. The van der Waals surface area contributed by atoms with E-state index in [1.165, 1.54) is 5.56 Å². The molecule has 0 aliphatic rings. The number of nitrogens with zero attached hydrogens (tertiary/aromatic N) is 1. The Balaban J connectivity index is 0.00000288. The van der Waals surface area contributed by atoms with Crippen LogP contribution in [0, 0.1) is 0 Å². The van der Waals surface area contributed by atoms with E-state index in [2.05, 4.69) is 27.8 Å². The van der Waals surface area contributed by atoms with Gasteiger partial charge in [-0.2, -0.15) is 0 Å². The molecule has 0 aromatic heterocycles. The standard InChI is InChI=1S/C18H22N4O.HI/c1-20-18(21-12-11-14-5-3-2-4-6-14)22-13-15-7-9-16(10-8-15)17(19)23;/h2-10H,11-13H2,1H3,(H2,19,23)(H2,20,21,22);1H. The minimum absolute atomic E-state index is 0. The van der Waals surface area contributed by atoms with Gasteiger partial charge in [0.1, 0.15) is 0 Å². The predicted octanol–water partition coefficient (Wildman–Crippen LogP) is 2.31. The average molecular weight is 438 g/mol. The zero-order chi connectivity index (χ0) is 16.5. The summed E-state index contributed by atoms with van der Waals surface area (Å²) in [7, 11) is 1.74. The van der Waals surface area contributed by atoms with Crippen molar-refractivity contribution in [3.05, 3.63) is 71.3 Å². The number of hydrogen-bond donors (Lipinski definition) is 3. The molecule has 0 bridgehead atoms. The maximum atomic E-state index is 11.0. The molecule has 0 unspecified atom stereocenters. The lowest BCUT2D eigenvalue weighted by molar-refractivity contribution is 0.100. The summed E-state index contributed by atoms with van der Waals surface area (Å²) in [5.41, 5.74) is 8.09. The van der Waals surface area contributed by atoms with Crippen LogP contribution in [-0.2, 0) is 13.0 Å². The van der Waals surface area contributed by atoms with Crippen molar-refractivity contribution >= 4 is 35.8 Å². The molecule has 2 rings (SSSR count). The normalized spacial score (nSPS) is 10.6. The van der Waals surface area contributed by atoms with Gasteiger partial charge in [0.25, 0.3) is 0 Å². The fraction of sp³-hybridized carbons (Fsp3) is 0.222. The molecule has 0 aliphatic heterocycles. The van der Waals surface area contributed by atoms with Crippen LogP contribution in [0.5, 0.6) is 0 Å². The summed E-state index contributed by atoms with van der Waals surface area (Å²) in [4.78, 5) is 15.2. The smallest absolute Gasteiger partial charge is 0.248 e. The van der Waals surface area contributed by atoms with Crippen molar-refractivity contribution < 1.29 is 4.79 Å². The Morgan fingerprint density at radius 2 is 1.67 bits per heavy atom. The van der Waals surface area contributed by atoms with Crippen LogP contribution in [0.1, 0.15) is 21.5 Å². The van der Waals surface area contributed by atoms with E-state index in [4.69, 9.17) is 5.73 Å². The summed E-state index contributed by atoms with van der Waals surface area (Å²) in [6, 6.07) is 17.5. The van der Waals surface area contributed by atoms with Gasteiger partial charge < -0.3 is 16.4 Å². The number of aliphatic imine (C=N–C) groups is 1. The highest BCUT2D eigenvalue weighted by Gasteiger charge is 2.01. The molecule has 0 heterocycles. The van der Waals surface area contributed by atoms with Crippen LogP contribution in [0.2, 0.25) is 0 Å². The van der Waals surface area contributed by atoms with E-state index in [0.717, 1.165) is 24.5 Å². The Morgan fingerprint density at radius 1 is 1.00 bits per heavy atom. The number of carbonyl (C=O) groups is 1. The van der Waals surface area contributed by atoms with Gasteiger partial charge in [0.2, 0.25) is 5.91 Å². The van der Waals surface area contributed by atoms with E-state index >= 15 is 0 Å². The molecule has 6 heteroatoms. The Morgan fingerprint density at radius 3 is 2.25 bits per heavy atom. The molecule has 0 atom stereocenters. The van der Waals surface area contributed by atoms with Crippen molar-refractivity contribution in [2.45, 2.75) is 13.0 Å². The monoisotopic (exact) mass is 438 g/mol. The first-order valence-electron chi connectivity index (χ1n) is 7.56. The number of carbonyl (C=O) groups excluding carboxylic acids is 1. The predicted molar refractivity (Wildman–Crippen MR) is 109 cm³/mol. The molecule has 0 aliphatic carbocycles. The van der Waals surface area contributed by atoms with Crippen molar-refractivity contribution in [2.24, 2.45) is 10.7 Å². The first-order chi connectivity index (χ1) is 11.2. The van der Waals surface area contributed by atoms with Gasteiger partial charge in [-0.15, -0.1) is 24.0 Å². The largest absolute Gasteiger partial charge is 0.366 e. The average Bonchev–Trinajstić information content (AvgIpc) is 2.59. The summed E-state index contributed by atoms with van der Waals surface area (Å²) < 4.78 is 0. The van der Waals surface area contributed by atoms with Gasteiger partial charge in [-0.1, -0.05) is 42.5 Å². The highest BCUT2D eigenvalue weighted by Crippen LogP contribution is 2.03. The number of amides is 1. The second kappa shape index (κ2) is 10.6. The first kappa shape index (κ1) is 20.0. The number of guanidine groups is 1. The third-order valence-corrected chi connectivity index (χ3v) is 3.47. The Labute approximate surface area is 159 Å². The van der Waals surface area contributed by atoms with Gasteiger partial charge in [0, 0.05) is 25.7 Å². The van der Waals surface area contributed by atoms with E-state index in [-0.39, 0.29) is 24.0 Å². The molecule has 1 amide bonds. The molecule has 0 radical (unpaired) electrons. The summed E-state index contributed by atoms with van der Waals surface area (Å²) in [6.07, 6.45) is 0.939. The highest BCUT2D eigenvalue weighted by molar-refractivity contribution is 14.0. The number of halogens is 1. The van der Waals surface area contributed by atoms with Crippen LogP contribution in [0.4, 0.5) is 0 Å². The van der Waals surface area contributed by atoms with E-state index in [0.29, 0.717) is 12.1 Å². The minimum Gasteiger partial charge on any atom is -0.366 e. The van der Waals surface area contributed by atoms with Crippen LogP contribution in [0.25, 0.3) is 0 Å². The van der Waals surface area contributed by atoms with Crippen LogP contribution in [-0.4, -0.2) is 25.5 Å². The summed E-state index contributed by atoms with van der Waals surface area (Å²) in [5, 5.41) is 6.53. The molecule has 0 fully saturated rings.